The van der Waals surface area contributed by atoms with Crippen molar-refractivity contribution in [2.45, 2.75) is 26.2 Å². The zero-order valence-electron chi connectivity index (χ0n) is 13.5. The van der Waals surface area contributed by atoms with Crippen LogP contribution in [0.3, 0.4) is 0 Å². The average molecular weight is 352 g/mol. The van der Waals surface area contributed by atoms with Crippen LogP contribution in [0.15, 0.2) is 23.0 Å². The Morgan fingerprint density at radius 1 is 1.36 bits per heavy atom. The van der Waals surface area contributed by atoms with Gasteiger partial charge in [-0.3, -0.25) is 14.0 Å². The van der Waals surface area contributed by atoms with Gasteiger partial charge in [-0.15, -0.1) is 0 Å². The van der Waals surface area contributed by atoms with Gasteiger partial charge in [0.2, 0.25) is 0 Å². The molecule has 1 N–H and O–H groups in total. The maximum Gasteiger partial charge on any atom is 0.262 e. The molecule has 0 atom stereocenters. The normalized spacial score (nSPS) is 13.0. The van der Waals surface area contributed by atoms with E-state index in [1.165, 1.54) is 4.40 Å². The van der Waals surface area contributed by atoms with E-state index < -0.39 is 0 Å². The summed E-state index contributed by atoms with van der Waals surface area (Å²) in [5.74, 6) is 0. The highest BCUT2D eigenvalue weighted by Gasteiger charge is 2.25. The summed E-state index contributed by atoms with van der Waals surface area (Å²) in [5.41, 5.74) is 5.05. The third-order valence-electron chi connectivity index (χ3n) is 4.87. The second kappa shape index (κ2) is 5.61. The number of nitrogens with zero attached hydrogens (tertiary/aromatic N) is 2. The summed E-state index contributed by atoms with van der Waals surface area (Å²) in [6, 6.07) is 7.16. The Morgan fingerprint density at radius 2 is 2.16 bits per heavy atom. The number of H-pyrrole nitrogens is 1. The van der Waals surface area contributed by atoms with Gasteiger partial charge >= 0.3 is 0 Å². The summed E-state index contributed by atoms with van der Waals surface area (Å²) in [4.78, 5) is 27.2. The molecule has 0 bridgehead atoms. The van der Waals surface area contributed by atoms with E-state index in [9.17, 15) is 14.9 Å². The highest BCUT2D eigenvalue weighted by molar-refractivity contribution is 6.34. The largest absolute Gasteiger partial charge is 0.344 e. The molecular formula is C19H14ClN3O2. The molecule has 2 heterocycles. The van der Waals surface area contributed by atoms with Crippen molar-refractivity contribution in [3.63, 3.8) is 0 Å². The van der Waals surface area contributed by atoms with Gasteiger partial charge in [-0.05, 0) is 37.8 Å². The Kier molecular flexibility index (Phi) is 3.52. The molecule has 2 aromatic heterocycles. The van der Waals surface area contributed by atoms with Crippen LogP contribution in [-0.4, -0.2) is 15.7 Å². The number of aromatic amines is 1. The maximum absolute atomic E-state index is 12.9. The van der Waals surface area contributed by atoms with Gasteiger partial charge in [-0.1, -0.05) is 23.7 Å². The lowest BCUT2D eigenvalue weighted by molar-refractivity contribution is 0.112. The molecule has 1 aliphatic carbocycles. The minimum absolute atomic E-state index is 0.132. The first-order valence-corrected chi connectivity index (χ1v) is 8.39. The molecule has 25 heavy (non-hydrogen) atoms. The average Bonchev–Trinajstić information content (AvgIpc) is 3.18. The highest BCUT2D eigenvalue weighted by atomic mass is 35.5. The summed E-state index contributed by atoms with van der Waals surface area (Å²) in [5, 5.41) is 10.0. The van der Waals surface area contributed by atoms with Crippen molar-refractivity contribution < 1.29 is 4.79 Å². The van der Waals surface area contributed by atoms with Crippen LogP contribution in [0.1, 0.15) is 39.3 Å². The van der Waals surface area contributed by atoms with Crippen LogP contribution < -0.4 is 5.56 Å². The van der Waals surface area contributed by atoms with E-state index >= 15 is 0 Å². The van der Waals surface area contributed by atoms with Gasteiger partial charge < -0.3 is 4.98 Å². The molecule has 0 fully saturated rings. The van der Waals surface area contributed by atoms with Crippen LogP contribution in [-0.2, 0) is 12.8 Å². The number of aryl methyl sites for hydroxylation is 1. The topological polar surface area (TPSA) is 78.1 Å². The smallest absolute Gasteiger partial charge is 0.262 e. The Balaban J connectivity index is 2.14. The van der Waals surface area contributed by atoms with E-state index in [1.54, 1.807) is 18.2 Å². The van der Waals surface area contributed by atoms with Gasteiger partial charge in [0.1, 0.15) is 23.7 Å². The zero-order chi connectivity index (χ0) is 17.7. The van der Waals surface area contributed by atoms with Crippen molar-refractivity contribution in [2.75, 3.05) is 0 Å². The molecule has 0 aliphatic heterocycles. The lowest BCUT2D eigenvalue weighted by atomic mass is 10.0. The number of fused-ring (bicyclic) bond motifs is 2. The molecule has 0 saturated heterocycles. The summed E-state index contributed by atoms with van der Waals surface area (Å²) < 4.78 is 1.46. The van der Waals surface area contributed by atoms with E-state index in [2.05, 4.69) is 11.1 Å². The predicted octanol–water partition coefficient (Wildman–Crippen LogP) is 3.43. The van der Waals surface area contributed by atoms with E-state index in [1.807, 2.05) is 6.92 Å². The number of nitriles is 1. The Morgan fingerprint density at radius 3 is 2.84 bits per heavy atom. The standard InChI is InChI=1S/C19H14ClN3O2/c1-10-16(8-21)23-18(22-15-4-2-3-13(15)19(23)25)17(10)12-6-5-11(9-24)7-14(12)20/h5-7,9,22H,2-4H2,1H3. The quantitative estimate of drug-likeness (QED) is 0.718. The summed E-state index contributed by atoms with van der Waals surface area (Å²) in [6.45, 7) is 1.81. The van der Waals surface area contributed by atoms with Gasteiger partial charge in [0.15, 0.2) is 0 Å². The van der Waals surface area contributed by atoms with Crippen molar-refractivity contribution >= 4 is 23.5 Å². The van der Waals surface area contributed by atoms with Crippen LogP contribution in [0.4, 0.5) is 0 Å². The third-order valence-corrected chi connectivity index (χ3v) is 5.18. The molecule has 3 aromatic rings. The number of benzene rings is 1. The second-order valence-corrected chi connectivity index (χ2v) is 6.65. The fourth-order valence-corrected chi connectivity index (χ4v) is 3.96. The van der Waals surface area contributed by atoms with E-state index in [-0.39, 0.29) is 5.56 Å². The van der Waals surface area contributed by atoms with Crippen molar-refractivity contribution in [3.05, 3.63) is 61.7 Å². The fraction of sp³-hybridized carbons (Fsp3) is 0.211. The number of carbonyl (C=O) groups is 1. The zero-order valence-corrected chi connectivity index (χ0v) is 14.3. The minimum atomic E-state index is -0.132. The maximum atomic E-state index is 12.9. The Labute approximate surface area is 148 Å². The highest BCUT2D eigenvalue weighted by Crippen LogP contribution is 2.36. The molecule has 4 rings (SSSR count). The first-order valence-electron chi connectivity index (χ1n) is 8.01. The molecule has 6 heteroatoms. The lowest BCUT2D eigenvalue weighted by Crippen LogP contribution is -2.20. The predicted molar refractivity (Wildman–Crippen MR) is 95.3 cm³/mol. The molecule has 0 unspecified atom stereocenters. The number of rotatable bonds is 2. The summed E-state index contributed by atoms with van der Waals surface area (Å²) in [6.07, 6.45) is 3.21. The van der Waals surface area contributed by atoms with Gasteiger partial charge in [-0.25, -0.2) is 0 Å². The molecule has 0 amide bonds. The second-order valence-electron chi connectivity index (χ2n) is 6.24. The number of carbonyl (C=O) groups excluding carboxylic acids is 1. The lowest BCUT2D eigenvalue weighted by Gasteiger charge is -2.07. The number of nitrogens with one attached hydrogen (secondary N) is 1. The Hall–Kier alpha value is -2.84. The molecule has 124 valence electrons. The van der Waals surface area contributed by atoms with Gasteiger partial charge in [0, 0.05) is 33.0 Å². The van der Waals surface area contributed by atoms with Crippen LogP contribution in [0.25, 0.3) is 16.8 Å². The van der Waals surface area contributed by atoms with E-state index in [0.29, 0.717) is 33.1 Å². The molecule has 0 spiro atoms. The summed E-state index contributed by atoms with van der Waals surface area (Å²) >= 11 is 6.38. The fourth-order valence-electron chi connectivity index (χ4n) is 3.68. The van der Waals surface area contributed by atoms with Crippen molar-refractivity contribution in [1.82, 2.24) is 9.38 Å². The molecule has 0 radical (unpaired) electrons. The van der Waals surface area contributed by atoms with E-state index in [4.69, 9.17) is 11.6 Å². The third kappa shape index (κ3) is 2.15. The van der Waals surface area contributed by atoms with Gasteiger partial charge in [0.25, 0.3) is 5.56 Å². The van der Waals surface area contributed by atoms with Crippen molar-refractivity contribution in [3.8, 4) is 17.2 Å². The SMILES string of the molecule is Cc1c(-c2ccc(C=O)cc2Cl)c2[nH]c3c(c(=O)n2c1C#N)CCC3. The number of aromatic nitrogens is 2. The molecule has 0 saturated carbocycles. The van der Waals surface area contributed by atoms with Crippen LogP contribution >= 0.6 is 11.6 Å². The Bertz CT molecular complexity index is 1150. The number of halogens is 1. The van der Waals surface area contributed by atoms with Crippen LogP contribution in [0.5, 0.6) is 0 Å². The van der Waals surface area contributed by atoms with E-state index in [0.717, 1.165) is 42.4 Å². The minimum Gasteiger partial charge on any atom is -0.344 e. The first kappa shape index (κ1) is 15.7. The number of aldehydes is 1. The molecule has 5 nitrogen and oxygen atoms in total. The molecular weight excluding hydrogens is 338 g/mol. The van der Waals surface area contributed by atoms with Gasteiger partial charge in [0.05, 0.1) is 0 Å². The van der Waals surface area contributed by atoms with Crippen LogP contribution in [0, 0.1) is 18.3 Å². The number of hydrogen-bond acceptors (Lipinski definition) is 3. The monoisotopic (exact) mass is 351 g/mol. The molecule has 1 aromatic carbocycles. The summed E-state index contributed by atoms with van der Waals surface area (Å²) in [7, 11) is 0. The number of hydrogen-bond donors (Lipinski definition) is 1. The van der Waals surface area contributed by atoms with Crippen molar-refractivity contribution in [1.29, 1.82) is 5.26 Å². The van der Waals surface area contributed by atoms with Crippen molar-refractivity contribution in [2.24, 2.45) is 0 Å². The van der Waals surface area contributed by atoms with Crippen LogP contribution in [0.2, 0.25) is 5.02 Å². The first-order chi connectivity index (χ1) is 12.1. The van der Waals surface area contributed by atoms with Gasteiger partial charge in [-0.2, -0.15) is 5.26 Å². The molecule has 1 aliphatic rings.